The molecule has 3 heterocycles. The summed E-state index contributed by atoms with van der Waals surface area (Å²) in [4.78, 5) is 9.33. The fraction of sp³-hybridized carbons (Fsp3) is 0.680. The molecule has 3 fully saturated rings. The summed E-state index contributed by atoms with van der Waals surface area (Å²) >= 11 is 0. The molecule has 1 aliphatic heterocycles. The van der Waals surface area contributed by atoms with Crippen molar-refractivity contribution in [2.75, 3.05) is 31.9 Å². The minimum atomic E-state index is -2.95. The molecule has 2 saturated carbocycles. The van der Waals surface area contributed by atoms with Crippen molar-refractivity contribution in [3.63, 3.8) is 0 Å². The normalized spacial score (nSPS) is 27.7. The Morgan fingerprint density at radius 3 is 2.26 bits per heavy atom. The Hall–Kier alpha value is -2.26. The number of nitrogens with zero attached hydrogens (tertiary/aromatic N) is 5. The van der Waals surface area contributed by atoms with E-state index in [0.717, 1.165) is 5.69 Å². The molecule has 2 aliphatic carbocycles. The number of nitrogen functional groups attached to an aromatic ring is 1. The van der Waals surface area contributed by atoms with Crippen molar-refractivity contribution in [1.29, 1.82) is 0 Å². The molecule has 34 heavy (non-hydrogen) atoms. The summed E-state index contributed by atoms with van der Waals surface area (Å²) < 4.78 is 32.1. The summed E-state index contributed by atoms with van der Waals surface area (Å²) in [7, 11) is 0. The van der Waals surface area contributed by atoms with Crippen LogP contribution in [-0.4, -0.2) is 69.4 Å². The van der Waals surface area contributed by atoms with E-state index in [1.54, 1.807) is 6.20 Å². The van der Waals surface area contributed by atoms with Gasteiger partial charge in [0.2, 0.25) is 0 Å². The second-order valence-corrected chi connectivity index (χ2v) is 10.6. The molecule has 4 atom stereocenters. The lowest BCUT2D eigenvalue weighted by Crippen LogP contribution is -2.51. The highest BCUT2D eigenvalue weighted by molar-refractivity contribution is 5.64. The van der Waals surface area contributed by atoms with Crippen molar-refractivity contribution in [2.24, 2.45) is 11.8 Å². The molecule has 0 amide bonds. The monoisotopic (exact) mass is 474 g/mol. The topological polar surface area (TPSA) is 72.4 Å². The van der Waals surface area contributed by atoms with Gasteiger partial charge in [0.1, 0.15) is 0 Å². The van der Waals surface area contributed by atoms with Crippen molar-refractivity contribution in [2.45, 2.75) is 71.2 Å². The smallest absolute Gasteiger partial charge is 0.387 e. The number of piperazine rings is 1. The van der Waals surface area contributed by atoms with Crippen LogP contribution in [0.25, 0.3) is 11.3 Å². The van der Waals surface area contributed by atoms with Crippen LogP contribution in [0.2, 0.25) is 0 Å². The standard InChI is InChI=1S/C25H36F2N6O/c1-14(2)31-5-7-32(8-6-31)17-10-18-19(11-17)23(18)21-12-20(30-33(21)15(3)4)16-9-22(34-25(26)27)24(28)29-13-16/h9,12-15,17-19,23,25H,5-8,10-11H2,1-4H3,(H2,28,29)/t17-,18+,19-,23-. The number of halogens is 2. The van der Waals surface area contributed by atoms with E-state index < -0.39 is 6.61 Å². The Morgan fingerprint density at radius 1 is 1.00 bits per heavy atom. The van der Waals surface area contributed by atoms with E-state index in [4.69, 9.17) is 10.8 Å². The van der Waals surface area contributed by atoms with E-state index in [9.17, 15) is 8.78 Å². The number of hydrogen-bond acceptors (Lipinski definition) is 6. The number of alkyl halides is 2. The quantitative estimate of drug-likeness (QED) is 0.648. The van der Waals surface area contributed by atoms with E-state index in [1.165, 1.54) is 50.8 Å². The number of aromatic nitrogens is 3. The molecule has 2 aromatic rings. The van der Waals surface area contributed by atoms with Gasteiger partial charge in [0.15, 0.2) is 11.6 Å². The second kappa shape index (κ2) is 9.07. The third kappa shape index (κ3) is 4.40. The van der Waals surface area contributed by atoms with Gasteiger partial charge in [-0.2, -0.15) is 13.9 Å². The number of rotatable bonds is 7. The summed E-state index contributed by atoms with van der Waals surface area (Å²) in [5.41, 5.74) is 8.32. The Kier molecular flexibility index (Phi) is 6.27. The third-order valence-electron chi connectivity index (χ3n) is 8.00. The van der Waals surface area contributed by atoms with Crippen LogP contribution in [0, 0.1) is 11.8 Å². The number of hydrogen-bond donors (Lipinski definition) is 1. The summed E-state index contributed by atoms with van der Waals surface area (Å²) in [6.45, 7) is 10.6. The summed E-state index contributed by atoms with van der Waals surface area (Å²) in [5, 5.41) is 4.83. The molecule has 0 radical (unpaired) electrons. The number of ether oxygens (including phenoxy) is 1. The molecule has 2 aromatic heterocycles. The lowest BCUT2D eigenvalue weighted by atomic mass is 10.0. The van der Waals surface area contributed by atoms with Gasteiger partial charge < -0.3 is 10.5 Å². The average Bonchev–Trinajstić information content (AvgIpc) is 3.15. The van der Waals surface area contributed by atoms with Gasteiger partial charge in [-0.15, -0.1) is 0 Å². The van der Waals surface area contributed by atoms with Gasteiger partial charge in [-0.25, -0.2) is 4.98 Å². The fourth-order valence-corrected chi connectivity index (χ4v) is 6.17. The van der Waals surface area contributed by atoms with Crippen LogP contribution in [0.3, 0.4) is 0 Å². The summed E-state index contributed by atoms with van der Waals surface area (Å²) in [6.07, 6.45) is 4.09. The van der Waals surface area contributed by atoms with Crippen LogP contribution in [0.4, 0.5) is 14.6 Å². The van der Waals surface area contributed by atoms with Gasteiger partial charge in [0.05, 0.1) is 5.69 Å². The first kappa shape index (κ1) is 23.5. The second-order valence-electron chi connectivity index (χ2n) is 10.6. The number of fused-ring (bicyclic) bond motifs is 1. The predicted molar refractivity (Wildman–Crippen MR) is 128 cm³/mol. The highest BCUT2D eigenvalue weighted by Gasteiger charge is 2.58. The summed E-state index contributed by atoms with van der Waals surface area (Å²) in [5.74, 6) is 1.77. The molecule has 7 nitrogen and oxygen atoms in total. The van der Waals surface area contributed by atoms with Crippen molar-refractivity contribution in [3.05, 3.63) is 24.0 Å². The first-order valence-corrected chi connectivity index (χ1v) is 12.5. The molecule has 186 valence electrons. The molecule has 0 unspecified atom stereocenters. The highest BCUT2D eigenvalue weighted by atomic mass is 19.3. The largest absolute Gasteiger partial charge is 0.431 e. The Bertz CT molecular complexity index is 1000. The van der Waals surface area contributed by atoms with Gasteiger partial charge in [0.25, 0.3) is 0 Å². The molecule has 5 rings (SSSR count). The molecule has 9 heteroatoms. The van der Waals surface area contributed by atoms with Crippen molar-refractivity contribution in [1.82, 2.24) is 24.6 Å². The molecule has 0 bridgehead atoms. The zero-order chi connectivity index (χ0) is 24.1. The molecular weight excluding hydrogens is 438 g/mol. The first-order valence-electron chi connectivity index (χ1n) is 12.5. The molecule has 0 spiro atoms. The maximum Gasteiger partial charge on any atom is 0.387 e. The van der Waals surface area contributed by atoms with Crippen LogP contribution in [0.5, 0.6) is 5.75 Å². The van der Waals surface area contributed by atoms with Gasteiger partial charge in [-0.3, -0.25) is 14.5 Å². The lowest BCUT2D eigenvalue weighted by Gasteiger charge is -2.40. The van der Waals surface area contributed by atoms with Crippen molar-refractivity contribution >= 4 is 5.82 Å². The van der Waals surface area contributed by atoms with Gasteiger partial charge in [-0.1, -0.05) is 0 Å². The zero-order valence-electron chi connectivity index (χ0n) is 20.5. The predicted octanol–water partition coefficient (Wildman–Crippen LogP) is 4.23. The molecular formula is C25H36F2N6O. The molecule has 2 N–H and O–H groups in total. The molecule has 0 aromatic carbocycles. The average molecular weight is 475 g/mol. The lowest BCUT2D eigenvalue weighted by molar-refractivity contribution is -0.0494. The van der Waals surface area contributed by atoms with Crippen molar-refractivity contribution in [3.8, 4) is 17.0 Å². The zero-order valence-corrected chi connectivity index (χ0v) is 20.5. The number of anilines is 1. The van der Waals surface area contributed by atoms with Crippen LogP contribution in [0.15, 0.2) is 18.3 Å². The first-order chi connectivity index (χ1) is 16.2. The van der Waals surface area contributed by atoms with E-state index in [2.05, 4.69) is 58.0 Å². The van der Waals surface area contributed by atoms with Crippen molar-refractivity contribution < 1.29 is 13.5 Å². The maximum absolute atomic E-state index is 12.7. The number of nitrogens with two attached hydrogens (primary N) is 1. The molecule has 3 aliphatic rings. The Labute approximate surface area is 200 Å². The van der Waals surface area contributed by atoms with E-state index >= 15 is 0 Å². The third-order valence-corrected chi connectivity index (χ3v) is 8.00. The van der Waals surface area contributed by atoms with Crippen LogP contribution < -0.4 is 10.5 Å². The SMILES string of the molecule is CC(C)N1CCN([C@H]2C[C@@H]3[C@H](C2)[C@H]3c2cc(-c3cnc(N)c(OC(F)F)c3)nn2C(C)C)CC1. The minimum absolute atomic E-state index is 0.0513. The van der Waals surface area contributed by atoms with E-state index in [-0.39, 0.29) is 17.6 Å². The highest BCUT2D eigenvalue weighted by Crippen LogP contribution is 2.64. The Balaban J connectivity index is 1.29. The van der Waals surface area contributed by atoms with Gasteiger partial charge in [0, 0.05) is 67.7 Å². The summed E-state index contributed by atoms with van der Waals surface area (Å²) in [6, 6.07) is 5.16. The Morgan fingerprint density at radius 2 is 1.68 bits per heavy atom. The van der Waals surface area contributed by atoms with Gasteiger partial charge in [-0.05, 0) is 64.5 Å². The van der Waals surface area contributed by atoms with Crippen LogP contribution >= 0.6 is 0 Å². The number of pyridine rings is 1. The van der Waals surface area contributed by atoms with E-state index in [1.807, 2.05) is 0 Å². The van der Waals surface area contributed by atoms with Gasteiger partial charge >= 0.3 is 6.61 Å². The molecule has 1 saturated heterocycles. The fourth-order valence-electron chi connectivity index (χ4n) is 6.17. The maximum atomic E-state index is 12.7. The minimum Gasteiger partial charge on any atom is -0.431 e. The van der Waals surface area contributed by atoms with Crippen LogP contribution in [0.1, 0.15) is 58.2 Å². The van der Waals surface area contributed by atoms with E-state index in [0.29, 0.717) is 35.4 Å². The van der Waals surface area contributed by atoms with Crippen LogP contribution in [-0.2, 0) is 0 Å².